The van der Waals surface area contributed by atoms with Crippen LogP contribution >= 0.6 is 11.6 Å². The van der Waals surface area contributed by atoms with Crippen LogP contribution in [0, 0.1) is 6.92 Å². The Morgan fingerprint density at radius 2 is 1.89 bits per heavy atom. The number of hydrogen-bond donors (Lipinski definition) is 2. The first-order valence-electron chi connectivity index (χ1n) is 7.82. The molecule has 2 rings (SSSR count). The number of benzene rings is 2. The van der Waals surface area contributed by atoms with E-state index in [1.54, 1.807) is 31.2 Å². The van der Waals surface area contributed by atoms with Gasteiger partial charge in [-0.05, 0) is 36.8 Å². The maximum atomic E-state index is 12.4. The Morgan fingerprint density at radius 1 is 1.19 bits per heavy atom. The third-order valence-electron chi connectivity index (χ3n) is 3.11. The number of rotatable bonds is 8. The highest BCUT2D eigenvalue weighted by molar-refractivity contribution is 7.87. The van der Waals surface area contributed by atoms with E-state index >= 15 is 0 Å². The van der Waals surface area contributed by atoms with Crippen LogP contribution in [-0.2, 0) is 10.1 Å². The molecular formula is C17H19ClN4O4S. The molecule has 10 heteroatoms. The molecule has 8 nitrogen and oxygen atoms in total. The molecule has 0 amide bonds. The van der Waals surface area contributed by atoms with E-state index in [-0.39, 0.29) is 21.6 Å². The fraction of sp³-hybridized carbons (Fsp3) is 0.176. The van der Waals surface area contributed by atoms with Gasteiger partial charge in [-0.3, -0.25) is 0 Å². The van der Waals surface area contributed by atoms with Gasteiger partial charge in [-0.2, -0.15) is 13.5 Å². The maximum Gasteiger partial charge on any atom is 0.340 e. The van der Waals surface area contributed by atoms with Gasteiger partial charge in [0.15, 0.2) is 0 Å². The van der Waals surface area contributed by atoms with Crippen molar-refractivity contribution in [1.82, 2.24) is 0 Å². The summed E-state index contributed by atoms with van der Waals surface area (Å²) in [5.41, 5.74) is 11.1. The maximum absolute atomic E-state index is 12.4. The summed E-state index contributed by atoms with van der Waals surface area (Å²) in [4.78, 5) is -0.105. The van der Waals surface area contributed by atoms with Crippen molar-refractivity contribution in [2.24, 2.45) is 21.7 Å². The van der Waals surface area contributed by atoms with E-state index in [0.717, 1.165) is 5.56 Å². The van der Waals surface area contributed by atoms with Gasteiger partial charge in [-0.1, -0.05) is 23.7 Å². The van der Waals surface area contributed by atoms with E-state index in [1.165, 1.54) is 24.4 Å². The number of aryl methyl sites for hydroxylation is 1. The molecule has 4 N–H and O–H groups in total. The molecule has 0 bridgehead atoms. The van der Waals surface area contributed by atoms with E-state index in [1.807, 2.05) is 0 Å². The Bertz CT molecular complexity index is 957. The summed E-state index contributed by atoms with van der Waals surface area (Å²) in [6.45, 7) is 2.09. The summed E-state index contributed by atoms with van der Waals surface area (Å²) in [5, 5.41) is 7.19. The molecule has 0 heterocycles. The first-order valence-corrected chi connectivity index (χ1v) is 9.60. The molecule has 0 aliphatic heterocycles. The predicted molar refractivity (Wildman–Crippen MR) is 105 cm³/mol. The highest BCUT2D eigenvalue weighted by Crippen LogP contribution is 2.28. The number of nitrogens with two attached hydrogens (primary N) is 2. The molecule has 0 spiro atoms. The van der Waals surface area contributed by atoms with Crippen molar-refractivity contribution in [3.8, 4) is 11.5 Å². The molecule has 0 radical (unpaired) electrons. The van der Waals surface area contributed by atoms with Gasteiger partial charge in [0.2, 0.25) is 5.96 Å². The van der Waals surface area contributed by atoms with Crippen molar-refractivity contribution in [2.45, 2.75) is 18.2 Å². The van der Waals surface area contributed by atoms with Crippen LogP contribution < -0.4 is 20.4 Å². The van der Waals surface area contributed by atoms with Gasteiger partial charge in [0, 0.05) is 18.7 Å². The predicted octanol–water partition coefficient (Wildman–Crippen LogP) is 2.44. The van der Waals surface area contributed by atoms with E-state index in [0.29, 0.717) is 18.8 Å². The highest BCUT2D eigenvalue weighted by atomic mass is 35.5. The molecule has 0 saturated heterocycles. The van der Waals surface area contributed by atoms with Crippen LogP contribution in [0.1, 0.15) is 12.0 Å². The lowest BCUT2D eigenvalue weighted by Gasteiger charge is -2.11. The van der Waals surface area contributed by atoms with Crippen molar-refractivity contribution in [3.05, 3.63) is 53.1 Å². The first-order chi connectivity index (χ1) is 12.8. The van der Waals surface area contributed by atoms with E-state index in [9.17, 15) is 8.42 Å². The number of nitrogens with zero attached hydrogens (tertiary/aromatic N) is 2. The smallest absolute Gasteiger partial charge is 0.340 e. The topological polar surface area (TPSA) is 129 Å². The van der Waals surface area contributed by atoms with Crippen molar-refractivity contribution < 1.29 is 17.3 Å². The average Bonchev–Trinajstić information content (AvgIpc) is 2.57. The first kappa shape index (κ1) is 20.5. The molecule has 0 aliphatic rings. The molecule has 2 aromatic carbocycles. The molecule has 0 aromatic heterocycles. The number of halogens is 1. The summed E-state index contributed by atoms with van der Waals surface area (Å²) in [6, 6.07) is 10.9. The molecule has 0 aliphatic carbocycles. The SMILES string of the molecule is Cc1cc(OCCC=NN=C(N)N)cc(OS(=O)(=O)c2ccccc2Cl)c1. The van der Waals surface area contributed by atoms with Crippen LogP contribution in [0.3, 0.4) is 0 Å². The Hall–Kier alpha value is -2.78. The summed E-state index contributed by atoms with van der Waals surface area (Å²) in [6.07, 6.45) is 1.95. The second-order valence-electron chi connectivity index (χ2n) is 5.41. The van der Waals surface area contributed by atoms with E-state index in [4.69, 9.17) is 32.0 Å². The summed E-state index contributed by atoms with van der Waals surface area (Å²) < 4.78 is 35.6. The van der Waals surface area contributed by atoms with Crippen LogP contribution in [0.2, 0.25) is 5.02 Å². The lowest BCUT2D eigenvalue weighted by Crippen LogP contribution is -2.21. The second-order valence-corrected chi connectivity index (χ2v) is 7.33. The molecule has 0 fully saturated rings. The minimum absolute atomic E-state index is 0.0849. The number of guanidine groups is 1. The third kappa shape index (κ3) is 6.46. The fourth-order valence-electron chi connectivity index (χ4n) is 2.06. The summed E-state index contributed by atoms with van der Waals surface area (Å²) >= 11 is 5.95. The van der Waals surface area contributed by atoms with Gasteiger partial charge in [0.05, 0.1) is 11.6 Å². The average molecular weight is 411 g/mol. The molecule has 0 unspecified atom stereocenters. The highest BCUT2D eigenvalue weighted by Gasteiger charge is 2.20. The Morgan fingerprint density at radius 3 is 2.59 bits per heavy atom. The number of ether oxygens (including phenoxy) is 1. The van der Waals surface area contributed by atoms with Gasteiger partial charge in [0.1, 0.15) is 16.4 Å². The van der Waals surface area contributed by atoms with Crippen molar-refractivity contribution >= 4 is 33.9 Å². The number of hydrogen-bond acceptors (Lipinski definition) is 6. The zero-order valence-electron chi connectivity index (χ0n) is 14.5. The lowest BCUT2D eigenvalue weighted by molar-refractivity contribution is 0.329. The Labute approximate surface area is 162 Å². The zero-order valence-corrected chi connectivity index (χ0v) is 16.1. The van der Waals surface area contributed by atoms with Gasteiger partial charge < -0.3 is 20.4 Å². The molecule has 0 atom stereocenters. The van der Waals surface area contributed by atoms with Gasteiger partial charge >= 0.3 is 10.1 Å². The summed E-state index contributed by atoms with van der Waals surface area (Å²) in [5.74, 6) is 0.445. The van der Waals surface area contributed by atoms with Gasteiger partial charge in [0.25, 0.3) is 0 Å². The van der Waals surface area contributed by atoms with E-state index < -0.39 is 10.1 Å². The van der Waals surface area contributed by atoms with Crippen LogP contribution in [0.25, 0.3) is 0 Å². The van der Waals surface area contributed by atoms with Crippen molar-refractivity contribution in [3.63, 3.8) is 0 Å². The Kier molecular flexibility index (Phi) is 7.03. The zero-order chi connectivity index (χ0) is 19.9. The van der Waals surface area contributed by atoms with Crippen LogP contribution in [0.5, 0.6) is 11.5 Å². The van der Waals surface area contributed by atoms with Crippen LogP contribution in [-0.4, -0.2) is 27.2 Å². The van der Waals surface area contributed by atoms with Crippen molar-refractivity contribution in [2.75, 3.05) is 6.61 Å². The largest absolute Gasteiger partial charge is 0.493 e. The minimum Gasteiger partial charge on any atom is -0.493 e. The molecule has 27 heavy (non-hydrogen) atoms. The molecule has 0 saturated carbocycles. The lowest BCUT2D eigenvalue weighted by atomic mass is 10.2. The summed E-state index contributed by atoms with van der Waals surface area (Å²) in [7, 11) is -4.07. The standard InChI is InChI=1S/C17H19ClN4O4S/c1-12-9-13(25-8-4-7-21-22-17(19)20)11-14(10-12)26-27(23,24)16-6-3-2-5-15(16)18/h2-3,5-7,9-11H,4,8H2,1H3,(H4,19,20,22). The quantitative estimate of drug-likeness (QED) is 0.226. The van der Waals surface area contributed by atoms with Crippen LogP contribution in [0.4, 0.5) is 0 Å². The fourth-order valence-corrected chi connectivity index (χ4v) is 3.47. The van der Waals surface area contributed by atoms with Gasteiger partial charge in [-0.15, -0.1) is 5.10 Å². The minimum atomic E-state index is -4.07. The van der Waals surface area contributed by atoms with E-state index in [2.05, 4.69) is 10.2 Å². The van der Waals surface area contributed by atoms with Crippen LogP contribution in [0.15, 0.2) is 57.6 Å². The second kappa shape index (κ2) is 9.24. The van der Waals surface area contributed by atoms with Crippen molar-refractivity contribution in [1.29, 1.82) is 0 Å². The third-order valence-corrected chi connectivity index (χ3v) is 4.86. The molecule has 144 valence electrons. The van der Waals surface area contributed by atoms with Gasteiger partial charge in [-0.25, -0.2) is 0 Å². The normalized spacial score (nSPS) is 11.3. The Balaban J connectivity index is 2.07. The monoisotopic (exact) mass is 410 g/mol. The molecule has 2 aromatic rings. The molecular weight excluding hydrogens is 392 g/mol.